The fraction of sp³-hybridized carbons (Fsp3) is 0.543. The smallest absolute Gasteiger partial charge is 0.321 e. The van der Waals surface area contributed by atoms with E-state index in [1.807, 2.05) is 32.9 Å². The molecule has 3 heterocycles. The number of piperidine rings is 1. The summed E-state index contributed by atoms with van der Waals surface area (Å²) < 4.78 is 2.18. The molecule has 3 unspecified atom stereocenters. The SMILES string of the molecule is CCn1nc(Cc2ccc(O)cc2)cc1C1CCN(CC2CN(C(C(=O)O)C(C)(C)C)CC2c2cccc(C)c2)CC1. The van der Waals surface area contributed by atoms with E-state index in [1.165, 1.54) is 16.8 Å². The molecule has 0 bridgehead atoms. The zero-order valence-corrected chi connectivity index (χ0v) is 26.0. The molecule has 3 aromatic rings. The highest BCUT2D eigenvalue weighted by Crippen LogP contribution is 2.39. The third-order valence-corrected chi connectivity index (χ3v) is 9.34. The number of phenols is 1. The Morgan fingerprint density at radius 1 is 1.05 bits per heavy atom. The van der Waals surface area contributed by atoms with Crippen molar-refractivity contribution in [3.63, 3.8) is 0 Å². The summed E-state index contributed by atoms with van der Waals surface area (Å²) in [6.07, 6.45) is 2.98. The molecule has 0 aliphatic carbocycles. The molecular formula is C35H48N4O3. The average Bonchev–Trinajstić information content (AvgIpc) is 3.53. The highest BCUT2D eigenvalue weighted by molar-refractivity contribution is 5.74. The van der Waals surface area contributed by atoms with E-state index in [0.29, 0.717) is 17.8 Å². The topological polar surface area (TPSA) is 81.8 Å². The lowest BCUT2D eigenvalue weighted by Crippen LogP contribution is -2.48. The van der Waals surface area contributed by atoms with Gasteiger partial charge < -0.3 is 15.1 Å². The van der Waals surface area contributed by atoms with Crippen molar-refractivity contribution in [2.45, 2.75) is 78.3 Å². The van der Waals surface area contributed by atoms with Crippen LogP contribution in [0.15, 0.2) is 54.6 Å². The average molecular weight is 573 g/mol. The number of aliphatic carboxylic acids is 1. The summed E-state index contributed by atoms with van der Waals surface area (Å²) in [7, 11) is 0. The minimum atomic E-state index is -0.718. The van der Waals surface area contributed by atoms with Gasteiger partial charge in [-0.15, -0.1) is 0 Å². The number of likely N-dealkylation sites (tertiary alicyclic amines) is 2. The van der Waals surface area contributed by atoms with Gasteiger partial charge in [0.25, 0.3) is 0 Å². The van der Waals surface area contributed by atoms with Gasteiger partial charge in [-0.1, -0.05) is 62.7 Å². The predicted molar refractivity (Wildman–Crippen MR) is 167 cm³/mol. The number of aromatic hydroxyl groups is 1. The molecule has 2 N–H and O–H groups in total. The number of hydrogen-bond donors (Lipinski definition) is 2. The van der Waals surface area contributed by atoms with E-state index >= 15 is 0 Å². The van der Waals surface area contributed by atoms with Crippen LogP contribution in [-0.2, 0) is 17.8 Å². The van der Waals surface area contributed by atoms with Gasteiger partial charge in [0.05, 0.1) is 5.69 Å². The summed E-state index contributed by atoms with van der Waals surface area (Å²) in [4.78, 5) is 17.3. The van der Waals surface area contributed by atoms with Crippen LogP contribution >= 0.6 is 0 Å². The summed E-state index contributed by atoms with van der Waals surface area (Å²) >= 11 is 0. The first-order valence-corrected chi connectivity index (χ1v) is 15.6. The summed E-state index contributed by atoms with van der Waals surface area (Å²) in [5, 5.41) is 24.7. The van der Waals surface area contributed by atoms with Gasteiger partial charge in [-0.25, -0.2) is 0 Å². The summed E-state index contributed by atoms with van der Waals surface area (Å²) in [5.41, 5.74) is 5.83. The maximum atomic E-state index is 12.4. The Morgan fingerprint density at radius 3 is 2.38 bits per heavy atom. The molecular weight excluding hydrogens is 524 g/mol. The van der Waals surface area contributed by atoms with Gasteiger partial charge in [0, 0.05) is 50.1 Å². The number of carboxylic acids is 1. The Kier molecular flexibility index (Phi) is 9.09. The fourth-order valence-electron chi connectivity index (χ4n) is 7.37. The van der Waals surface area contributed by atoms with Gasteiger partial charge in [-0.2, -0.15) is 5.10 Å². The van der Waals surface area contributed by atoms with Crippen molar-refractivity contribution in [1.29, 1.82) is 0 Å². The Hall–Kier alpha value is -3.16. The van der Waals surface area contributed by atoms with E-state index < -0.39 is 12.0 Å². The molecule has 42 heavy (non-hydrogen) atoms. The molecule has 2 saturated heterocycles. The van der Waals surface area contributed by atoms with Crippen LogP contribution in [0.5, 0.6) is 5.75 Å². The molecule has 0 radical (unpaired) electrons. The van der Waals surface area contributed by atoms with Crippen LogP contribution in [0.1, 0.15) is 80.5 Å². The first kappa shape index (κ1) is 30.3. The molecule has 0 saturated carbocycles. The number of benzene rings is 2. The predicted octanol–water partition coefficient (Wildman–Crippen LogP) is 5.90. The molecule has 7 heteroatoms. The monoisotopic (exact) mass is 572 g/mol. The van der Waals surface area contributed by atoms with Gasteiger partial charge in [-0.3, -0.25) is 14.4 Å². The molecule has 2 aliphatic rings. The van der Waals surface area contributed by atoms with Crippen LogP contribution in [0.25, 0.3) is 0 Å². The maximum absolute atomic E-state index is 12.4. The molecule has 2 aromatic carbocycles. The van der Waals surface area contributed by atoms with Gasteiger partial charge in [0.1, 0.15) is 11.8 Å². The Morgan fingerprint density at radius 2 is 1.76 bits per heavy atom. The Bertz CT molecular complexity index is 1350. The van der Waals surface area contributed by atoms with Crippen LogP contribution in [0, 0.1) is 18.3 Å². The van der Waals surface area contributed by atoms with Crippen LogP contribution in [0.3, 0.4) is 0 Å². The lowest BCUT2D eigenvalue weighted by atomic mass is 9.85. The number of aryl methyl sites for hydroxylation is 2. The van der Waals surface area contributed by atoms with E-state index in [2.05, 4.69) is 58.7 Å². The largest absolute Gasteiger partial charge is 0.508 e. The van der Waals surface area contributed by atoms with Gasteiger partial charge in [0.2, 0.25) is 0 Å². The van der Waals surface area contributed by atoms with Gasteiger partial charge in [-0.05, 0) is 80.4 Å². The number of aromatic nitrogens is 2. The third kappa shape index (κ3) is 6.90. The second kappa shape index (κ2) is 12.6. The van der Waals surface area contributed by atoms with Crippen LogP contribution in [0.2, 0.25) is 0 Å². The van der Waals surface area contributed by atoms with Gasteiger partial charge >= 0.3 is 5.97 Å². The molecule has 5 rings (SSSR count). The van der Waals surface area contributed by atoms with Crippen molar-refractivity contribution in [2.24, 2.45) is 11.3 Å². The fourth-order valence-corrected chi connectivity index (χ4v) is 7.37. The molecule has 226 valence electrons. The van der Waals surface area contributed by atoms with Crippen LogP contribution in [0.4, 0.5) is 0 Å². The summed E-state index contributed by atoms with van der Waals surface area (Å²) in [5.74, 6) is 0.787. The number of hydrogen-bond acceptors (Lipinski definition) is 5. The summed E-state index contributed by atoms with van der Waals surface area (Å²) in [6.45, 7) is 16.0. The van der Waals surface area contributed by atoms with Crippen molar-refractivity contribution in [3.05, 3.63) is 82.7 Å². The van der Waals surface area contributed by atoms with Crippen molar-refractivity contribution in [3.8, 4) is 5.75 Å². The Labute approximate surface area is 251 Å². The number of phenolic OH excluding ortho intramolecular Hbond substituents is 1. The first-order valence-electron chi connectivity index (χ1n) is 15.6. The minimum absolute atomic E-state index is 0.289. The van der Waals surface area contributed by atoms with Crippen molar-refractivity contribution >= 4 is 5.97 Å². The van der Waals surface area contributed by atoms with Crippen molar-refractivity contribution in [2.75, 3.05) is 32.7 Å². The molecule has 0 amide bonds. The van der Waals surface area contributed by atoms with E-state index in [9.17, 15) is 15.0 Å². The van der Waals surface area contributed by atoms with E-state index in [1.54, 1.807) is 12.1 Å². The van der Waals surface area contributed by atoms with Crippen LogP contribution in [-0.4, -0.2) is 74.5 Å². The molecule has 1 aromatic heterocycles. The lowest BCUT2D eigenvalue weighted by Gasteiger charge is -2.36. The van der Waals surface area contributed by atoms with E-state index in [0.717, 1.165) is 69.8 Å². The van der Waals surface area contributed by atoms with Crippen LogP contribution < -0.4 is 0 Å². The van der Waals surface area contributed by atoms with E-state index in [4.69, 9.17) is 5.10 Å². The van der Waals surface area contributed by atoms with Gasteiger partial charge in [0.15, 0.2) is 0 Å². The van der Waals surface area contributed by atoms with Crippen molar-refractivity contribution < 1.29 is 15.0 Å². The second-order valence-corrected chi connectivity index (χ2v) is 13.6. The normalized spacial score (nSPS) is 21.5. The second-order valence-electron chi connectivity index (χ2n) is 13.6. The quantitative estimate of drug-likeness (QED) is 0.332. The zero-order valence-electron chi connectivity index (χ0n) is 26.0. The molecule has 2 aliphatic heterocycles. The number of nitrogens with zero attached hydrogens (tertiary/aromatic N) is 4. The zero-order chi connectivity index (χ0) is 30.0. The highest BCUT2D eigenvalue weighted by atomic mass is 16.4. The van der Waals surface area contributed by atoms with Crippen molar-refractivity contribution in [1.82, 2.24) is 19.6 Å². The first-order chi connectivity index (χ1) is 20.0. The summed E-state index contributed by atoms with van der Waals surface area (Å²) in [6, 6.07) is 18.0. The van der Waals surface area contributed by atoms with E-state index in [-0.39, 0.29) is 11.2 Å². The third-order valence-electron chi connectivity index (χ3n) is 9.34. The highest BCUT2D eigenvalue weighted by Gasteiger charge is 2.44. The number of rotatable bonds is 9. The number of carboxylic acid groups (broad SMARTS) is 1. The number of carbonyl (C=O) groups is 1. The lowest BCUT2D eigenvalue weighted by molar-refractivity contribution is -0.147. The standard InChI is InChI=1S/C35H48N4O3/c1-6-39-32(20-29(36-39)19-25-10-12-30(40)13-11-25)26-14-16-37(17-15-26)21-28-22-38(33(34(41)42)35(3,4)5)23-31(28)27-9-7-8-24(2)18-27/h7-13,18,20,26,28,31,33,40H,6,14-17,19,21-23H2,1-5H3,(H,41,42). The minimum Gasteiger partial charge on any atom is -0.508 e. The molecule has 3 atom stereocenters. The molecule has 2 fully saturated rings. The Balaban J connectivity index is 1.27. The maximum Gasteiger partial charge on any atom is 0.321 e. The molecule has 0 spiro atoms. The molecule has 7 nitrogen and oxygen atoms in total.